The van der Waals surface area contributed by atoms with Crippen LogP contribution in [0.2, 0.25) is 0 Å². The van der Waals surface area contributed by atoms with E-state index in [-0.39, 0.29) is 72.1 Å². The summed E-state index contributed by atoms with van der Waals surface area (Å²) in [4.78, 5) is 26.2. The lowest BCUT2D eigenvalue weighted by Gasteiger charge is -2.27. The van der Waals surface area contributed by atoms with Gasteiger partial charge in [0.15, 0.2) is 12.4 Å². The first-order valence-corrected chi connectivity index (χ1v) is 10.3. The van der Waals surface area contributed by atoms with Crippen LogP contribution in [0.3, 0.4) is 0 Å². The van der Waals surface area contributed by atoms with E-state index >= 15 is 0 Å². The predicted octanol–water partition coefficient (Wildman–Crippen LogP) is -3.59. The zero-order chi connectivity index (χ0) is 21.7. The van der Waals surface area contributed by atoms with Crippen LogP contribution in [0.5, 0.6) is 0 Å². The minimum Gasteiger partial charge on any atom is -1.00 e. The number of halogens is 2. The van der Waals surface area contributed by atoms with Crippen molar-refractivity contribution in [1.29, 1.82) is 0 Å². The first kappa shape index (κ1) is 30.0. The van der Waals surface area contributed by atoms with Crippen molar-refractivity contribution < 1.29 is 76.9 Å². The maximum atomic E-state index is 13.1. The molecule has 0 aliphatic carbocycles. The van der Waals surface area contributed by atoms with Crippen molar-refractivity contribution in [3.8, 4) is 0 Å². The lowest BCUT2D eigenvalue weighted by atomic mass is 9.81. The predicted molar refractivity (Wildman–Crippen MR) is 109 cm³/mol. The van der Waals surface area contributed by atoms with Crippen LogP contribution in [0.15, 0.2) is 47.1 Å². The van der Waals surface area contributed by atoms with Crippen molar-refractivity contribution >= 4 is 11.9 Å². The van der Waals surface area contributed by atoms with E-state index in [4.69, 9.17) is 9.47 Å². The summed E-state index contributed by atoms with van der Waals surface area (Å²) in [6.07, 6.45) is 4.91. The SMILES string of the molecule is CCC(C)OC(=O)C1=C(C)[NH2+]C(C)=C(C(=O)OC(C)CC)C1c1ccc[n+](C)c1.[I-].[I-]. The van der Waals surface area contributed by atoms with E-state index in [0.29, 0.717) is 11.1 Å². The molecule has 1 aliphatic rings. The Morgan fingerprint density at radius 1 is 1.00 bits per heavy atom. The molecule has 0 saturated carbocycles. The molecule has 174 valence electrons. The minimum atomic E-state index is -0.527. The summed E-state index contributed by atoms with van der Waals surface area (Å²) in [5, 5.41) is 1.87. The number of ether oxygens (including phenoxy) is 2. The van der Waals surface area contributed by atoms with E-state index < -0.39 is 5.92 Å². The number of aryl methyl sites for hydroxylation is 1. The van der Waals surface area contributed by atoms with Gasteiger partial charge < -0.3 is 57.4 Å². The quantitative estimate of drug-likeness (QED) is 0.187. The average Bonchev–Trinajstić information content (AvgIpc) is 2.66. The normalized spacial score (nSPS) is 17.8. The number of esters is 2. The van der Waals surface area contributed by atoms with Gasteiger partial charge in [-0.1, -0.05) is 13.8 Å². The molecule has 1 aromatic rings. The number of carbonyl (C=O) groups is 2. The molecule has 0 spiro atoms. The summed E-state index contributed by atoms with van der Waals surface area (Å²) in [7, 11) is 1.92. The second kappa shape index (κ2) is 13.5. The third-order valence-corrected chi connectivity index (χ3v) is 5.36. The molecule has 0 radical (unpaired) electrons. The van der Waals surface area contributed by atoms with Gasteiger partial charge in [0.05, 0.1) is 18.1 Å². The Morgan fingerprint density at radius 2 is 1.45 bits per heavy atom. The average molecular weight is 656 g/mol. The molecule has 2 rings (SSSR count). The number of rotatable bonds is 7. The Hall–Kier alpha value is -1.01. The number of nitrogens with zero attached hydrogens (tertiary/aromatic N) is 1. The van der Waals surface area contributed by atoms with Crippen LogP contribution in [0.1, 0.15) is 65.9 Å². The third-order valence-electron chi connectivity index (χ3n) is 5.36. The van der Waals surface area contributed by atoms with Gasteiger partial charge >= 0.3 is 11.9 Å². The molecule has 2 N–H and O–H groups in total. The molecule has 0 bridgehead atoms. The second-order valence-electron chi connectivity index (χ2n) is 7.82. The maximum Gasteiger partial charge on any atom is 0.340 e. The van der Waals surface area contributed by atoms with E-state index in [1.54, 1.807) is 0 Å². The fourth-order valence-corrected chi connectivity index (χ4v) is 3.41. The Kier molecular flexibility index (Phi) is 13.1. The van der Waals surface area contributed by atoms with Gasteiger partial charge in [-0.2, -0.15) is 0 Å². The number of quaternary nitrogens is 1. The number of allylic oxidation sites excluding steroid dienone is 2. The number of carbonyl (C=O) groups excluding carboxylic acids is 2. The molecule has 31 heavy (non-hydrogen) atoms. The van der Waals surface area contributed by atoms with E-state index in [9.17, 15) is 9.59 Å². The Bertz CT molecular complexity index is 806. The number of hydrogen-bond donors (Lipinski definition) is 1. The maximum absolute atomic E-state index is 13.1. The number of pyridine rings is 1. The van der Waals surface area contributed by atoms with Crippen LogP contribution in [0.25, 0.3) is 0 Å². The summed E-state index contributed by atoms with van der Waals surface area (Å²) >= 11 is 0. The van der Waals surface area contributed by atoms with Gasteiger partial charge in [-0.25, -0.2) is 14.2 Å². The molecule has 2 unspecified atom stereocenters. The van der Waals surface area contributed by atoms with Gasteiger partial charge in [0.1, 0.15) is 29.6 Å². The standard InChI is InChI=1S/C23H32N2O4.2HI/c1-8-14(3)28-22(26)19-16(5)24-17(6)20(23(27)29-15(4)9-2)21(19)18-11-10-12-25(7)13-18;;/h10-15,21H,8-9H2,1-7H3;2*1H. The molecule has 0 fully saturated rings. The molecular formula is C23H34I2N2O4. The highest BCUT2D eigenvalue weighted by Gasteiger charge is 2.42. The van der Waals surface area contributed by atoms with Crippen molar-refractivity contribution in [3.63, 3.8) is 0 Å². The topological polar surface area (TPSA) is 73.1 Å². The van der Waals surface area contributed by atoms with Gasteiger partial charge in [-0.3, -0.25) is 5.32 Å². The summed E-state index contributed by atoms with van der Waals surface area (Å²) < 4.78 is 13.2. The smallest absolute Gasteiger partial charge is 0.340 e. The Labute approximate surface area is 219 Å². The first-order chi connectivity index (χ1) is 13.7. The monoisotopic (exact) mass is 656 g/mol. The van der Waals surface area contributed by atoms with Gasteiger partial charge in [0, 0.05) is 25.5 Å². The van der Waals surface area contributed by atoms with E-state index in [1.807, 2.05) is 83.0 Å². The minimum absolute atomic E-state index is 0. The van der Waals surface area contributed by atoms with Crippen LogP contribution in [0, 0.1) is 0 Å². The van der Waals surface area contributed by atoms with Gasteiger partial charge in [0.25, 0.3) is 0 Å². The van der Waals surface area contributed by atoms with Crippen LogP contribution in [0.4, 0.5) is 0 Å². The van der Waals surface area contributed by atoms with E-state index in [1.165, 1.54) is 0 Å². The first-order valence-electron chi connectivity index (χ1n) is 10.3. The largest absolute Gasteiger partial charge is 1.00 e. The van der Waals surface area contributed by atoms with Crippen molar-refractivity contribution in [2.45, 2.75) is 72.5 Å². The molecule has 1 aliphatic heterocycles. The molecule has 0 amide bonds. The van der Waals surface area contributed by atoms with Crippen molar-refractivity contribution in [1.82, 2.24) is 0 Å². The zero-order valence-corrected chi connectivity index (χ0v) is 23.7. The zero-order valence-electron chi connectivity index (χ0n) is 19.4. The highest BCUT2D eigenvalue weighted by Crippen LogP contribution is 2.37. The van der Waals surface area contributed by atoms with Crippen LogP contribution in [-0.2, 0) is 26.1 Å². The van der Waals surface area contributed by atoms with Crippen LogP contribution in [-0.4, -0.2) is 24.1 Å². The molecule has 8 heteroatoms. The Balaban J connectivity index is 0.00000450. The molecule has 0 saturated heterocycles. The molecule has 0 aromatic carbocycles. The lowest BCUT2D eigenvalue weighted by Crippen LogP contribution is -3.00. The van der Waals surface area contributed by atoms with Crippen molar-refractivity contribution in [3.05, 3.63) is 52.6 Å². The summed E-state index contributed by atoms with van der Waals surface area (Å²) in [6, 6.07) is 3.84. The molecule has 6 nitrogen and oxygen atoms in total. The molecule has 1 aromatic heterocycles. The van der Waals surface area contributed by atoms with Gasteiger partial charge in [-0.05, 0) is 32.8 Å². The van der Waals surface area contributed by atoms with E-state index in [0.717, 1.165) is 29.8 Å². The summed E-state index contributed by atoms with van der Waals surface area (Å²) in [6.45, 7) is 11.5. The van der Waals surface area contributed by atoms with Crippen LogP contribution < -0.4 is 57.8 Å². The summed E-state index contributed by atoms with van der Waals surface area (Å²) in [5.74, 6) is -1.29. The third kappa shape index (κ3) is 7.52. The summed E-state index contributed by atoms with van der Waals surface area (Å²) in [5.41, 5.74) is 3.48. The van der Waals surface area contributed by atoms with E-state index in [2.05, 4.69) is 0 Å². The molecular weight excluding hydrogens is 622 g/mol. The second-order valence-corrected chi connectivity index (χ2v) is 7.82. The highest BCUT2D eigenvalue weighted by atomic mass is 127. The van der Waals surface area contributed by atoms with Crippen molar-refractivity contribution in [2.75, 3.05) is 0 Å². The van der Waals surface area contributed by atoms with Crippen molar-refractivity contribution in [2.24, 2.45) is 7.05 Å². The van der Waals surface area contributed by atoms with Gasteiger partial charge in [0.2, 0.25) is 0 Å². The van der Waals surface area contributed by atoms with Crippen LogP contribution >= 0.6 is 0 Å². The number of aromatic nitrogens is 1. The fraction of sp³-hybridized carbons (Fsp3) is 0.522. The fourth-order valence-electron chi connectivity index (χ4n) is 3.41. The molecule has 2 heterocycles. The number of hydrogen-bond acceptors (Lipinski definition) is 4. The van der Waals surface area contributed by atoms with Gasteiger partial charge in [-0.15, -0.1) is 0 Å². The highest BCUT2D eigenvalue weighted by molar-refractivity contribution is 5.99. The lowest BCUT2D eigenvalue weighted by molar-refractivity contribution is -0.672. The number of nitrogens with two attached hydrogens (primary N) is 1. The molecule has 2 atom stereocenters. The Morgan fingerprint density at radius 3 is 1.84 bits per heavy atom.